The summed E-state index contributed by atoms with van der Waals surface area (Å²) in [5.74, 6) is 0.242. The number of benzene rings is 3. The van der Waals surface area contributed by atoms with Crippen molar-refractivity contribution in [2.24, 2.45) is 5.92 Å². The third kappa shape index (κ3) is 5.97. The van der Waals surface area contributed by atoms with Crippen LogP contribution in [0.3, 0.4) is 0 Å². The lowest BCUT2D eigenvalue weighted by atomic mass is 10.1. The molecule has 3 rings (SSSR count). The lowest BCUT2D eigenvalue weighted by Crippen LogP contribution is -2.17. The lowest BCUT2D eigenvalue weighted by molar-refractivity contribution is -0.118. The number of nitrogens with one attached hydrogen (secondary N) is 2. The van der Waals surface area contributed by atoms with E-state index in [2.05, 4.69) is 10.6 Å². The number of carbonyl (C=O) groups is 1. The summed E-state index contributed by atoms with van der Waals surface area (Å²) in [5.41, 5.74) is 2.98. The first kappa shape index (κ1) is 21.7. The maximum Gasteiger partial charge on any atom is 0.226 e. The van der Waals surface area contributed by atoms with Crippen LogP contribution in [0.2, 0.25) is 5.02 Å². The molecule has 0 bridgehead atoms. The van der Waals surface area contributed by atoms with Crippen molar-refractivity contribution in [3.8, 4) is 5.75 Å². The second-order valence-electron chi connectivity index (χ2n) is 7.21. The molecule has 3 aromatic rings. The van der Waals surface area contributed by atoms with Crippen molar-refractivity contribution in [1.29, 1.82) is 0 Å². The average Bonchev–Trinajstić information content (AvgIpc) is 2.73. The van der Waals surface area contributed by atoms with E-state index < -0.39 is 0 Å². The van der Waals surface area contributed by atoms with Crippen molar-refractivity contribution in [2.75, 3.05) is 10.6 Å². The maximum atomic E-state index is 13.8. The van der Waals surface area contributed by atoms with E-state index in [0.29, 0.717) is 22.9 Å². The first-order valence-electron chi connectivity index (χ1n) is 9.72. The second-order valence-corrected chi connectivity index (χ2v) is 7.64. The summed E-state index contributed by atoms with van der Waals surface area (Å²) < 4.78 is 19.7. The van der Waals surface area contributed by atoms with Crippen molar-refractivity contribution in [1.82, 2.24) is 0 Å². The predicted molar refractivity (Wildman–Crippen MR) is 119 cm³/mol. The summed E-state index contributed by atoms with van der Waals surface area (Å²) in [6, 6.07) is 19.3. The third-order valence-electron chi connectivity index (χ3n) is 4.52. The number of anilines is 2. The average molecular weight is 427 g/mol. The Bertz CT molecular complexity index is 1010. The Morgan fingerprint density at radius 3 is 2.40 bits per heavy atom. The molecule has 156 valence electrons. The highest BCUT2D eigenvalue weighted by Gasteiger charge is 2.09. The van der Waals surface area contributed by atoms with E-state index in [1.54, 1.807) is 30.3 Å². The van der Waals surface area contributed by atoms with Gasteiger partial charge in [0.1, 0.15) is 18.2 Å². The van der Waals surface area contributed by atoms with Gasteiger partial charge in [0.05, 0.1) is 0 Å². The van der Waals surface area contributed by atoms with Gasteiger partial charge in [-0.25, -0.2) is 4.39 Å². The smallest absolute Gasteiger partial charge is 0.226 e. The largest absolute Gasteiger partial charge is 0.488 e. The van der Waals surface area contributed by atoms with Crippen LogP contribution < -0.4 is 15.4 Å². The molecule has 0 spiro atoms. The van der Waals surface area contributed by atoms with Crippen molar-refractivity contribution in [3.63, 3.8) is 0 Å². The third-order valence-corrected chi connectivity index (χ3v) is 4.76. The number of rotatable bonds is 8. The Morgan fingerprint density at radius 2 is 1.70 bits per heavy atom. The van der Waals surface area contributed by atoms with Gasteiger partial charge in [-0.15, -0.1) is 0 Å². The molecule has 30 heavy (non-hydrogen) atoms. The highest BCUT2D eigenvalue weighted by Crippen LogP contribution is 2.25. The van der Waals surface area contributed by atoms with Crippen LogP contribution in [0, 0.1) is 11.7 Å². The molecular formula is C24H24ClFN2O2. The summed E-state index contributed by atoms with van der Waals surface area (Å²) in [5, 5.41) is 6.77. The molecule has 0 aliphatic heterocycles. The fraction of sp³-hybridized carbons (Fsp3) is 0.208. The van der Waals surface area contributed by atoms with Crippen LogP contribution in [0.25, 0.3) is 0 Å². The first-order chi connectivity index (χ1) is 14.4. The SMILES string of the molecule is CC(C)C(=O)Nc1ccc(NCc2cc(Cl)ccc2OCc2ccccc2F)cc1. The Labute approximate surface area is 181 Å². The van der Waals surface area contributed by atoms with Gasteiger partial charge in [0, 0.05) is 40.0 Å². The van der Waals surface area contributed by atoms with Crippen LogP contribution >= 0.6 is 11.6 Å². The highest BCUT2D eigenvalue weighted by molar-refractivity contribution is 6.30. The van der Waals surface area contributed by atoms with E-state index in [0.717, 1.165) is 16.9 Å². The number of carbonyl (C=O) groups excluding carboxylic acids is 1. The van der Waals surface area contributed by atoms with Gasteiger partial charge in [-0.2, -0.15) is 0 Å². The maximum absolute atomic E-state index is 13.8. The molecule has 0 atom stereocenters. The molecule has 0 aromatic heterocycles. The fourth-order valence-corrected chi connectivity index (χ4v) is 2.95. The van der Waals surface area contributed by atoms with Gasteiger partial charge in [0.2, 0.25) is 5.91 Å². The van der Waals surface area contributed by atoms with Crippen LogP contribution in [0.1, 0.15) is 25.0 Å². The first-order valence-corrected chi connectivity index (χ1v) is 10.1. The van der Waals surface area contributed by atoms with Gasteiger partial charge in [0.25, 0.3) is 0 Å². The van der Waals surface area contributed by atoms with Crippen LogP contribution in [-0.2, 0) is 17.9 Å². The zero-order valence-electron chi connectivity index (χ0n) is 16.9. The summed E-state index contributed by atoms with van der Waals surface area (Å²) in [4.78, 5) is 11.8. The van der Waals surface area contributed by atoms with E-state index >= 15 is 0 Å². The minimum Gasteiger partial charge on any atom is -0.488 e. The molecule has 2 N–H and O–H groups in total. The number of halogens is 2. The summed E-state index contributed by atoms with van der Waals surface area (Å²) in [6.07, 6.45) is 0. The predicted octanol–water partition coefficient (Wildman–Crippen LogP) is 6.26. The topological polar surface area (TPSA) is 50.4 Å². The van der Waals surface area contributed by atoms with Gasteiger partial charge in [-0.1, -0.05) is 43.6 Å². The van der Waals surface area contributed by atoms with E-state index in [9.17, 15) is 9.18 Å². The molecule has 1 amide bonds. The van der Waals surface area contributed by atoms with Crippen LogP contribution in [0.4, 0.5) is 15.8 Å². The minimum absolute atomic E-state index is 0.0220. The normalized spacial score (nSPS) is 10.7. The van der Waals surface area contributed by atoms with Crippen molar-refractivity contribution >= 4 is 28.9 Å². The molecule has 0 radical (unpaired) electrons. The van der Waals surface area contributed by atoms with Crippen molar-refractivity contribution in [2.45, 2.75) is 27.0 Å². The van der Waals surface area contributed by atoms with Gasteiger partial charge < -0.3 is 15.4 Å². The van der Waals surface area contributed by atoms with Crippen LogP contribution in [0.15, 0.2) is 66.7 Å². The van der Waals surface area contributed by atoms with Gasteiger partial charge in [0.15, 0.2) is 0 Å². The molecule has 4 nitrogen and oxygen atoms in total. The van der Waals surface area contributed by atoms with Crippen molar-refractivity contribution < 1.29 is 13.9 Å². The fourth-order valence-electron chi connectivity index (χ4n) is 2.75. The highest BCUT2D eigenvalue weighted by atomic mass is 35.5. The van der Waals surface area contributed by atoms with Crippen molar-refractivity contribution in [3.05, 3.63) is 88.7 Å². The number of hydrogen-bond donors (Lipinski definition) is 2. The van der Waals surface area contributed by atoms with Gasteiger partial charge >= 0.3 is 0 Å². The van der Waals surface area contributed by atoms with Gasteiger partial charge in [-0.05, 0) is 48.5 Å². The molecule has 0 unspecified atom stereocenters. The Balaban J connectivity index is 1.64. The van der Waals surface area contributed by atoms with E-state index in [4.69, 9.17) is 16.3 Å². The molecule has 6 heteroatoms. The van der Waals surface area contributed by atoms with Crippen LogP contribution in [0.5, 0.6) is 5.75 Å². The van der Waals surface area contributed by atoms with E-state index in [-0.39, 0.29) is 24.2 Å². The standard InChI is InChI=1S/C24H24ClFN2O2/c1-16(2)24(29)28-21-10-8-20(9-11-21)27-14-18-13-19(25)7-12-23(18)30-15-17-5-3-4-6-22(17)26/h3-13,16,27H,14-15H2,1-2H3,(H,28,29). The molecule has 0 fully saturated rings. The van der Waals surface area contributed by atoms with E-state index in [1.807, 2.05) is 44.2 Å². The lowest BCUT2D eigenvalue weighted by Gasteiger charge is -2.14. The molecule has 0 saturated carbocycles. The minimum atomic E-state index is -0.296. The Kier molecular flexibility index (Phi) is 7.31. The summed E-state index contributed by atoms with van der Waals surface area (Å²) in [6.45, 7) is 4.31. The zero-order valence-corrected chi connectivity index (χ0v) is 17.7. The summed E-state index contributed by atoms with van der Waals surface area (Å²) in [7, 11) is 0. The molecule has 0 saturated heterocycles. The molecule has 0 aliphatic rings. The zero-order chi connectivity index (χ0) is 21.5. The molecule has 0 heterocycles. The molecule has 0 aliphatic carbocycles. The quantitative estimate of drug-likeness (QED) is 0.446. The molecular weight excluding hydrogens is 403 g/mol. The number of amides is 1. The van der Waals surface area contributed by atoms with E-state index in [1.165, 1.54) is 6.07 Å². The monoisotopic (exact) mass is 426 g/mol. The molecule has 3 aromatic carbocycles. The summed E-state index contributed by atoms with van der Waals surface area (Å²) >= 11 is 6.15. The van der Waals surface area contributed by atoms with Gasteiger partial charge in [-0.3, -0.25) is 4.79 Å². The Morgan fingerprint density at radius 1 is 1.00 bits per heavy atom. The number of ether oxygens (including phenoxy) is 1. The second kappa shape index (κ2) is 10.1. The number of hydrogen-bond acceptors (Lipinski definition) is 3. The van der Waals surface area contributed by atoms with Crippen LogP contribution in [-0.4, -0.2) is 5.91 Å². The Hall–Kier alpha value is -3.05.